The van der Waals surface area contributed by atoms with Crippen molar-refractivity contribution in [3.63, 3.8) is 0 Å². The zero-order valence-corrected chi connectivity index (χ0v) is 14.3. The van der Waals surface area contributed by atoms with E-state index in [1.54, 1.807) is 0 Å². The molecule has 7 nitrogen and oxygen atoms in total. The average molecular weight is 337 g/mol. The van der Waals surface area contributed by atoms with E-state index in [2.05, 4.69) is 22.1 Å². The van der Waals surface area contributed by atoms with Gasteiger partial charge in [0.2, 0.25) is 0 Å². The molecule has 2 fully saturated rings. The van der Waals surface area contributed by atoms with Crippen LogP contribution in [0, 0.1) is 0 Å². The van der Waals surface area contributed by atoms with Crippen LogP contribution in [0.4, 0.5) is 0 Å². The van der Waals surface area contributed by atoms with Gasteiger partial charge in [0.05, 0.1) is 6.10 Å². The Kier molecular flexibility index (Phi) is 6.23. The number of aromatic nitrogens is 1. The molecule has 0 saturated carbocycles. The number of ether oxygens (including phenoxy) is 2. The molecule has 134 valence electrons. The fraction of sp³-hybridized carbons (Fsp3) is 0.765. The molecular weight excluding hydrogens is 310 g/mol. The first-order valence-corrected chi connectivity index (χ1v) is 8.91. The molecular formula is C17H27N3O4. The lowest BCUT2D eigenvalue weighted by atomic mass is 10.1. The molecule has 2 saturated heterocycles. The van der Waals surface area contributed by atoms with E-state index in [0.29, 0.717) is 24.6 Å². The van der Waals surface area contributed by atoms with Gasteiger partial charge in [-0.1, -0.05) is 0 Å². The monoisotopic (exact) mass is 337 g/mol. The standard InChI is InChI=1S/C17H27N3O4/c1-13-11-20(8-4-10-22-13)7-3-6-18-17(21)15-16(24-12-19-15)14-5-2-9-23-14/h12-14H,2-11H2,1H3,(H,18,21)/t13-,14+/m0/s1. The summed E-state index contributed by atoms with van der Waals surface area (Å²) in [6.07, 6.45) is 5.32. The fourth-order valence-electron chi connectivity index (χ4n) is 3.31. The minimum Gasteiger partial charge on any atom is -0.445 e. The Hall–Kier alpha value is -1.44. The molecule has 24 heavy (non-hydrogen) atoms. The van der Waals surface area contributed by atoms with Crippen molar-refractivity contribution in [2.75, 3.05) is 39.4 Å². The maximum Gasteiger partial charge on any atom is 0.273 e. The van der Waals surface area contributed by atoms with Crippen molar-refractivity contribution in [2.45, 2.75) is 44.8 Å². The number of hydrogen-bond donors (Lipinski definition) is 1. The van der Waals surface area contributed by atoms with Crippen LogP contribution in [0.15, 0.2) is 10.8 Å². The van der Waals surface area contributed by atoms with E-state index in [-0.39, 0.29) is 18.1 Å². The summed E-state index contributed by atoms with van der Waals surface area (Å²) in [6, 6.07) is 0. The summed E-state index contributed by atoms with van der Waals surface area (Å²) < 4.78 is 16.6. The number of carbonyl (C=O) groups is 1. The zero-order valence-electron chi connectivity index (χ0n) is 14.3. The molecule has 0 spiro atoms. The van der Waals surface area contributed by atoms with Crippen LogP contribution in [-0.4, -0.2) is 61.3 Å². The smallest absolute Gasteiger partial charge is 0.273 e. The third-order valence-electron chi connectivity index (χ3n) is 4.51. The molecule has 3 rings (SSSR count). The van der Waals surface area contributed by atoms with Crippen molar-refractivity contribution < 1.29 is 18.7 Å². The lowest BCUT2D eigenvalue weighted by molar-refractivity contribution is 0.0675. The van der Waals surface area contributed by atoms with Gasteiger partial charge in [-0.05, 0) is 39.2 Å². The van der Waals surface area contributed by atoms with Gasteiger partial charge in [0, 0.05) is 32.8 Å². The number of nitrogens with one attached hydrogen (secondary N) is 1. The van der Waals surface area contributed by atoms with Gasteiger partial charge in [-0.15, -0.1) is 0 Å². The van der Waals surface area contributed by atoms with Crippen LogP contribution in [0.5, 0.6) is 0 Å². The fourth-order valence-corrected chi connectivity index (χ4v) is 3.31. The number of rotatable bonds is 6. The van der Waals surface area contributed by atoms with Gasteiger partial charge >= 0.3 is 0 Å². The van der Waals surface area contributed by atoms with Crippen LogP contribution in [0.3, 0.4) is 0 Å². The highest BCUT2D eigenvalue weighted by Crippen LogP contribution is 2.30. The number of carbonyl (C=O) groups excluding carboxylic acids is 1. The van der Waals surface area contributed by atoms with E-state index in [1.165, 1.54) is 6.39 Å². The van der Waals surface area contributed by atoms with E-state index >= 15 is 0 Å². The predicted octanol–water partition coefficient (Wildman–Crippen LogP) is 1.76. The van der Waals surface area contributed by atoms with Gasteiger partial charge in [0.15, 0.2) is 17.8 Å². The van der Waals surface area contributed by atoms with E-state index in [0.717, 1.165) is 51.9 Å². The van der Waals surface area contributed by atoms with Gasteiger partial charge in [0.1, 0.15) is 6.10 Å². The third kappa shape index (κ3) is 4.55. The van der Waals surface area contributed by atoms with E-state index in [1.807, 2.05) is 0 Å². The largest absolute Gasteiger partial charge is 0.445 e. The molecule has 2 aliphatic rings. The molecule has 3 heterocycles. The highest BCUT2D eigenvalue weighted by molar-refractivity contribution is 5.93. The first kappa shape index (κ1) is 17.4. The average Bonchev–Trinajstić information content (AvgIpc) is 3.21. The number of nitrogens with zero attached hydrogens (tertiary/aromatic N) is 2. The van der Waals surface area contributed by atoms with Crippen LogP contribution in [0.25, 0.3) is 0 Å². The maximum atomic E-state index is 12.3. The zero-order chi connectivity index (χ0) is 16.8. The Labute approximate surface area is 142 Å². The molecule has 1 N–H and O–H groups in total. The minimum absolute atomic E-state index is 0.133. The SMILES string of the molecule is C[C@H]1CN(CCCNC(=O)c2ncoc2[C@H]2CCCO2)CCCO1. The van der Waals surface area contributed by atoms with Gasteiger partial charge in [-0.2, -0.15) is 0 Å². The summed E-state index contributed by atoms with van der Waals surface area (Å²) in [5.41, 5.74) is 0.360. The van der Waals surface area contributed by atoms with Crippen LogP contribution in [0.2, 0.25) is 0 Å². The van der Waals surface area contributed by atoms with Gasteiger partial charge in [-0.3, -0.25) is 4.79 Å². The molecule has 0 aliphatic carbocycles. The summed E-state index contributed by atoms with van der Waals surface area (Å²) in [5.74, 6) is 0.380. The first-order valence-electron chi connectivity index (χ1n) is 8.91. The third-order valence-corrected chi connectivity index (χ3v) is 4.51. The van der Waals surface area contributed by atoms with Crippen molar-refractivity contribution in [3.05, 3.63) is 17.8 Å². The Morgan fingerprint density at radius 3 is 3.08 bits per heavy atom. The molecule has 7 heteroatoms. The van der Waals surface area contributed by atoms with Crippen molar-refractivity contribution in [3.8, 4) is 0 Å². The topological polar surface area (TPSA) is 76.8 Å². The number of hydrogen-bond acceptors (Lipinski definition) is 6. The summed E-state index contributed by atoms with van der Waals surface area (Å²) >= 11 is 0. The lowest BCUT2D eigenvalue weighted by Crippen LogP contribution is -2.34. The second-order valence-corrected chi connectivity index (χ2v) is 6.51. The van der Waals surface area contributed by atoms with Crippen LogP contribution in [-0.2, 0) is 9.47 Å². The van der Waals surface area contributed by atoms with Crippen LogP contribution >= 0.6 is 0 Å². The highest BCUT2D eigenvalue weighted by Gasteiger charge is 2.27. The lowest BCUT2D eigenvalue weighted by Gasteiger charge is -2.21. The quantitative estimate of drug-likeness (QED) is 0.797. The Morgan fingerprint density at radius 1 is 1.38 bits per heavy atom. The molecule has 2 aliphatic heterocycles. The van der Waals surface area contributed by atoms with Crippen molar-refractivity contribution >= 4 is 5.91 Å². The summed E-state index contributed by atoms with van der Waals surface area (Å²) in [6.45, 7) is 7.27. The van der Waals surface area contributed by atoms with Crippen molar-refractivity contribution in [1.29, 1.82) is 0 Å². The van der Waals surface area contributed by atoms with Crippen molar-refractivity contribution in [2.24, 2.45) is 0 Å². The van der Waals surface area contributed by atoms with E-state index in [9.17, 15) is 4.79 Å². The molecule has 1 aromatic heterocycles. The number of oxazole rings is 1. The Balaban J connectivity index is 1.42. The van der Waals surface area contributed by atoms with E-state index < -0.39 is 0 Å². The second kappa shape index (κ2) is 8.60. The predicted molar refractivity (Wildman–Crippen MR) is 87.9 cm³/mol. The van der Waals surface area contributed by atoms with Crippen LogP contribution in [0.1, 0.15) is 55.0 Å². The van der Waals surface area contributed by atoms with Crippen LogP contribution < -0.4 is 5.32 Å². The summed E-state index contributed by atoms with van der Waals surface area (Å²) in [4.78, 5) is 18.8. The Bertz CT molecular complexity index is 528. The second-order valence-electron chi connectivity index (χ2n) is 6.51. The molecule has 0 unspecified atom stereocenters. The van der Waals surface area contributed by atoms with Gasteiger partial charge in [0.25, 0.3) is 5.91 Å². The maximum absolute atomic E-state index is 12.3. The van der Waals surface area contributed by atoms with Gasteiger partial charge in [-0.25, -0.2) is 4.98 Å². The number of amides is 1. The molecule has 0 bridgehead atoms. The normalized spacial score (nSPS) is 25.5. The van der Waals surface area contributed by atoms with E-state index in [4.69, 9.17) is 13.9 Å². The van der Waals surface area contributed by atoms with Gasteiger partial charge < -0.3 is 24.1 Å². The first-order chi connectivity index (χ1) is 11.7. The Morgan fingerprint density at radius 2 is 2.25 bits per heavy atom. The molecule has 2 atom stereocenters. The summed E-state index contributed by atoms with van der Waals surface area (Å²) in [5, 5.41) is 2.94. The summed E-state index contributed by atoms with van der Waals surface area (Å²) in [7, 11) is 0. The molecule has 0 radical (unpaired) electrons. The molecule has 1 amide bonds. The minimum atomic E-state index is -0.179. The molecule has 1 aromatic rings. The highest BCUT2D eigenvalue weighted by atomic mass is 16.5. The molecule has 0 aromatic carbocycles. The van der Waals surface area contributed by atoms with Crippen molar-refractivity contribution in [1.82, 2.24) is 15.2 Å².